The summed E-state index contributed by atoms with van der Waals surface area (Å²) in [5.41, 5.74) is 2.52. The van der Waals surface area contributed by atoms with Crippen LogP contribution in [0, 0.1) is 0 Å². The fourth-order valence-corrected chi connectivity index (χ4v) is 4.79. The van der Waals surface area contributed by atoms with E-state index >= 15 is 0 Å². The number of amides is 1. The smallest absolute Gasteiger partial charge is 0.241 e. The van der Waals surface area contributed by atoms with Crippen LogP contribution in [0.4, 0.5) is 11.4 Å². The van der Waals surface area contributed by atoms with Gasteiger partial charge in [-0.05, 0) is 49.6 Å². The number of rotatable bonds is 8. The fraction of sp³-hybridized carbons (Fsp3) is 0.409. The van der Waals surface area contributed by atoms with Crippen LogP contribution >= 0.6 is 0 Å². The van der Waals surface area contributed by atoms with E-state index in [2.05, 4.69) is 22.3 Å². The second kappa shape index (κ2) is 9.05. The topological polar surface area (TPSA) is 88.2 Å². The van der Waals surface area contributed by atoms with Gasteiger partial charge >= 0.3 is 0 Å². The molecule has 8 nitrogen and oxygen atoms in total. The van der Waals surface area contributed by atoms with E-state index in [0.717, 1.165) is 23.0 Å². The van der Waals surface area contributed by atoms with Crippen molar-refractivity contribution in [1.82, 2.24) is 5.32 Å². The first-order valence-corrected chi connectivity index (χ1v) is 12.1. The van der Waals surface area contributed by atoms with Gasteiger partial charge in [0.15, 0.2) is 11.5 Å². The van der Waals surface area contributed by atoms with Gasteiger partial charge in [0.25, 0.3) is 0 Å². The SMILES string of the molecule is CCS(=O)(=O)N(CC(=O)NCc1ccc(N2CCCC2)cc1)c1ccc2c(c1)OCO2. The van der Waals surface area contributed by atoms with Gasteiger partial charge < -0.3 is 19.7 Å². The quantitative estimate of drug-likeness (QED) is 0.672. The molecule has 0 bridgehead atoms. The summed E-state index contributed by atoms with van der Waals surface area (Å²) in [6.45, 7) is 3.84. The molecule has 0 atom stereocenters. The lowest BCUT2D eigenvalue weighted by Gasteiger charge is -2.23. The molecule has 0 unspecified atom stereocenters. The number of nitrogens with zero attached hydrogens (tertiary/aromatic N) is 2. The van der Waals surface area contributed by atoms with Crippen molar-refractivity contribution in [2.75, 3.05) is 41.4 Å². The molecular formula is C22H27N3O5S. The predicted octanol–water partition coefficient (Wildman–Crippen LogP) is 2.49. The van der Waals surface area contributed by atoms with E-state index < -0.39 is 10.0 Å². The molecule has 1 fully saturated rings. The molecule has 0 saturated carbocycles. The first-order chi connectivity index (χ1) is 15.0. The van der Waals surface area contributed by atoms with Gasteiger partial charge in [-0.3, -0.25) is 9.10 Å². The lowest BCUT2D eigenvalue weighted by atomic mass is 10.2. The average molecular weight is 446 g/mol. The Bertz CT molecular complexity index is 1030. The van der Waals surface area contributed by atoms with Crippen molar-refractivity contribution in [3.05, 3.63) is 48.0 Å². The van der Waals surface area contributed by atoms with E-state index in [4.69, 9.17) is 9.47 Å². The Morgan fingerprint density at radius 1 is 1.06 bits per heavy atom. The number of benzene rings is 2. The summed E-state index contributed by atoms with van der Waals surface area (Å²) in [6, 6.07) is 13.0. The second-order valence-electron chi connectivity index (χ2n) is 7.58. The highest BCUT2D eigenvalue weighted by Gasteiger charge is 2.25. The largest absolute Gasteiger partial charge is 0.454 e. The Hall–Kier alpha value is -2.94. The van der Waals surface area contributed by atoms with E-state index in [-0.39, 0.29) is 25.0 Å². The van der Waals surface area contributed by atoms with Crippen LogP contribution < -0.4 is 24.0 Å². The number of hydrogen-bond donors (Lipinski definition) is 1. The molecule has 31 heavy (non-hydrogen) atoms. The minimum atomic E-state index is -3.65. The highest BCUT2D eigenvalue weighted by atomic mass is 32.2. The molecule has 2 aliphatic rings. The monoisotopic (exact) mass is 445 g/mol. The minimum absolute atomic E-state index is 0.0936. The maximum absolute atomic E-state index is 12.6. The number of sulfonamides is 1. The number of nitrogens with one attached hydrogen (secondary N) is 1. The number of fused-ring (bicyclic) bond motifs is 1. The molecule has 2 heterocycles. The van der Waals surface area contributed by atoms with Gasteiger partial charge in [-0.1, -0.05) is 12.1 Å². The Balaban J connectivity index is 1.40. The molecule has 0 spiro atoms. The summed E-state index contributed by atoms with van der Waals surface area (Å²) >= 11 is 0. The number of carbonyl (C=O) groups is 1. The second-order valence-corrected chi connectivity index (χ2v) is 9.76. The van der Waals surface area contributed by atoms with Crippen molar-refractivity contribution < 1.29 is 22.7 Å². The molecule has 0 aliphatic carbocycles. The first kappa shape index (κ1) is 21.3. The Morgan fingerprint density at radius 2 is 1.77 bits per heavy atom. The Labute approximate surface area is 182 Å². The zero-order valence-corrected chi connectivity index (χ0v) is 18.4. The van der Waals surface area contributed by atoms with Gasteiger partial charge in [0.1, 0.15) is 6.54 Å². The van der Waals surface area contributed by atoms with Crippen molar-refractivity contribution in [2.45, 2.75) is 26.3 Å². The molecular weight excluding hydrogens is 418 g/mol. The summed E-state index contributed by atoms with van der Waals surface area (Å²) in [5, 5.41) is 2.82. The molecule has 4 rings (SSSR count). The van der Waals surface area contributed by atoms with Crippen LogP contribution in [-0.2, 0) is 21.4 Å². The summed E-state index contributed by atoms with van der Waals surface area (Å²) < 4.78 is 37.0. The van der Waals surface area contributed by atoms with Crippen LogP contribution in [-0.4, -0.2) is 46.5 Å². The standard InChI is InChI=1S/C22H27N3O5S/c1-2-31(27,28)25(19-9-10-20-21(13-19)30-16-29-20)15-22(26)23-14-17-5-7-18(8-6-17)24-11-3-4-12-24/h5-10,13H,2-4,11-12,14-16H2,1H3,(H,23,26). The number of hydrogen-bond acceptors (Lipinski definition) is 6. The third-order valence-electron chi connectivity index (χ3n) is 5.53. The third kappa shape index (κ3) is 4.87. The third-order valence-corrected chi connectivity index (χ3v) is 7.27. The maximum atomic E-state index is 12.6. The van der Waals surface area contributed by atoms with Gasteiger partial charge in [0.2, 0.25) is 22.7 Å². The highest BCUT2D eigenvalue weighted by molar-refractivity contribution is 7.92. The summed E-state index contributed by atoms with van der Waals surface area (Å²) in [6.07, 6.45) is 2.44. The van der Waals surface area contributed by atoms with Crippen LogP contribution in [0.5, 0.6) is 11.5 Å². The van der Waals surface area contributed by atoms with E-state index in [1.807, 2.05) is 12.1 Å². The van der Waals surface area contributed by atoms with Crippen molar-refractivity contribution in [3.63, 3.8) is 0 Å². The Morgan fingerprint density at radius 3 is 2.48 bits per heavy atom. The molecule has 2 aromatic carbocycles. The average Bonchev–Trinajstić information content (AvgIpc) is 3.48. The van der Waals surface area contributed by atoms with Gasteiger partial charge in [0, 0.05) is 31.4 Å². The van der Waals surface area contributed by atoms with Crippen LogP contribution in [0.25, 0.3) is 0 Å². The molecule has 9 heteroatoms. The molecule has 0 aromatic heterocycles. The molecule has 0 radical (unpaired) electrons. The normalized spacial score (nSPS) is 15.2. The van der Waals surface area contributed by atoms with Gasteiger partial charge in [-0.25, -0.2) is 8.42 Å². The fourth-order valence-electron chi connectivity index (χ4n) is 3.73. The first-order valence-electron chi connectivity index (χ1n) is 10.5. The summed E-state index contributed by atoms with van der Waals surface area (Å²) in [5.74, 6) is 0.525. The summed E-state index contributed by atoms with van der Waals surface area (Å²) in [7, 11) is -3.65. The summed E-state index contributed by atoms with van der Waals surface area (Å²) in [4.78, 5) is 14.9. The van der Waals surface area contributed by atoms with Crippen LogP contribution in [0.15, 0.2) is 42.5 Å². The van der Waals surface area contributed by atoms with Gasteiger partial charge in [-0.15, -0.1) is 0 Å². The van der Waals surface area contributed by atoms with Crippen LogP contribution in [0.3, 0.4) is 0 Å². The lowest BCUT2D eigenvalue weighted by molar-refractivity contribution is -0.119. The Kier molecular flexibility index (Phi) is 6.22. The molecule has 166 valence electrons. The van der Waals surface area contributed by atoms with E-state index in [9.17, 15) is 13.2 Å². The van der Waals surface area contributed by atoms with Crippen molar-refractivity contribution in [1.29, 1.82) is 0 Å². The van der Waals surface area contributed by atoms with Crippen molar-refractivity contribution >= 4 is 27.3 Å². The number of anilines is 2. The minimum Gasteiger partial charge on any atom is -0.454 e. The van der Waals surface area contributed by atoms with E-state index in [1.165, 1.54) is 18.5 Å². The highest BCUT2D eigenvalue weighted by Crippen LogP contribution is 2.36. The number of carbonyl (C=O) groups excluding carboxylic acids is 1. The van der Waals surface area contributed by atoms with Crippen molar-refractivity contribution in [2.24, 2.45) is 0 Å². The lowest BCUT2D eigenvalue weighted by Crippen LogP contribution is -2.41. The van der Waals surface area contributed by atoms with E-state index in [1.54, 1.807) is 25.1 Å². The van der Waals surface area contributed by atoms with Gasteiger partial charge in [0.05, 0.1) is 11.4 Å². The zero-order valence-electron chi connectivity index (χ0n) is 17.5. The zero-order chi connectivity index (χ0) is 21.8. The van der Waals surface area contributed by atoms with Crippen LogP contribution in [0.2, 0.25) is 0 Å². The molecule has 2 aliphatic heterocycles. The molecule has 2 aromatic rings. The molecule has 1 saturated heterocycles. The van der Waals surface area contributed by atoms with Gasteiger partial charge in [-0.2, -0.15) is 0 Å². The van der Waals surface area contributed by atoms with Crippen molar-refractivity contribution in [3.8, 4) is 11.5 Å². The maximum Gasteiger partial charge on any atom is 0.241 e. The van der Waals surface area contributed by atoms with E-state index in [0.29, 0.717) is 23.7 Å². The molecule has 1 N–H and O–H groups in total. The molecule has 1 amide bonds. The predicted molar refractivity (Wildman–Crippen MR) is 119 cm³/mol. The number of ether oxygens (including phenoxy) is 2. The van der Waals surface area contributed by atoms with Crippen LogP contribution in [0.1, 0.15) is 25.3 Å².